The van der Waals surface area contributed by atoms with E-state index in [1.54, 1.807) is 38.1 Å². The van der Waals surface area contributed by atoms with Gasteiger partial charge >= 0.3 is 24.0 Å². The zero-order valence-electron chi connectivity index (χ0n) is 27.6. The third kappa shape index (κ3) is 10.6. The number of carbonyl (C=O) groups excluding carboxylic acids is 3. The summed E-state index contributed by atoms with van der Waals surface area (Å²) in [6.45, 7) is 2.06. The predicted molar refractivity (Wildman–Crippen MR) is 186 cm³/mol. The van der Waals surface area contributed by atoms with Crippen LogP contribution in [-0.2, 0) is 15.1 Å². The van der Waals surface area contributed by atoms with Crippen LogP contribution in [-0.4, -0.2) is 58.5 Å². The Balaban J connectivity index is 1.17. The van der Waals surface area contributed by atoms with Crippen molar-refractivity contribution in [3.05, 3.63) is 93.7 Å². The number of nitrogens with one attached hydrogen (secondary N) is 5. The van der Waals surface area contributed by atoms with Crippen molar-refractivity contribution in [1.29, 1.82) is 0 Å². The lowest BCUT2D eigenvalue weighted by Crippen LogP contribution is -2.44. The van der Waals surface area contributed by atoms with Crippen molar-refractivity contribution in [2.45, 2.75) is 38.4 Å². The highest BCUT2D eigenvalue weighted by Crippen LogP contribution is 2.48. The molecule has 1 aliphatic rings. The molecule has 3 aromatic carbocycles. The summed E-state index contributed by atoms with van der Waals surface area (Å²) in [7, 11) is 0. The average Bonchev–Trinajstić information content (AvgIpc) is 3.87. The molecule has 1 aromatic heterocycles. The van der Waals surface area contributed by atoms with Gasteiger partial charge in [0.25, 0.3) is 5.91 Å². The van der Waals surface area contributed by atoms with E-state index in [2.05, 4.69) is 41.5 Å². The van der Waals surface area contributed by atoms with Gasteiger partial charge in [0.05, 0.1) is 10.6 Å². The molecule has 0 aliphatic heterocycles. The standard InChI is InChI=1S/C34H32Cl2F4N8O4/c1-32(2,17-42-27(50)28(51)43-23-11-12-24(36)25(37)15-23)16-41-26(49)19-3-9-22(10-4-19)44-29-45-30(47-31(46-29)52-18-34(38,39)40)48-33(13-14-33)20-5-7-21(35)8-6-20/h3-12,15H,13-14,16-18H2,1-2H3,(H,41,49)(H,42,50)(H,43,51)(H2,44,45,46,47,48). The molecule has 0 radical (unpaired) electrons. The van der Waals surface area contributed by atoms with Gasteiger partial charge in [0.2, 0.25) is 11.9 Å². The van der Waals surface area contributed by atoms with Gasteiger partial charge in [-0.05, 0) is 78.4 Å². The summed E-state index contributed by atoms with van der Waals surface area (Å²) in [6, 6.07) is 16.3. The first-order valence-electron chi connectivity index (χ1n) is 15.7. The molecule has 1 saturated carbocycles. The van der Waals surface area contributed by atoms with E-state index in [-0.39, 0.29) is 41.3 Å². The molecule has 3 amide bonds. The van der Waals surface area contributed by atoms with E-state index < -0.39 is 53.3 Å². The van der Waals surface area contributed by atoms with Crippen LogP contribution in [0.3, 0.4) is 0 Å². The maximum Gasteiger partial charge on any atom is 0.422 e. The maximum atomic E-state index is 13.6. The highest BCUT2D eigenvalue weighted by Gasteiger charge is 2.45. The first-order valence-corrected chi connectivity index (χ1v) is 16.4. The molecule has 0 spiro atoms. The minimum atomic E-state index is -4.62. The number of ether oxygens (including phenoxy) is 1. The Labute approximate surface area is 305 Å². The number of amides is 3. The van der Waals surface area contributed by atoms with Crippen molar-refractivity contribution >= 4 is 64.2 Å². The zero-order chi connectivity index (χ0) is 37.7. The van der Waals surface area contributed by atoms with Crippen molar-refractivity contribution in [3.8, 4) is 6.01 Å². The summed E-state index contributed by atoms with van der Waals surface area (Å²) in [5.74, 6) is -3.25. The lowest BCUT2D eigenvalue weighted by atomic mass is 9.93. The number of nitrogens with zero attached hydrogens (tertiary/aromatic N) is 3. The summed E-state index contributed by atoms with van der Waals surface area (Å²) in [5.41, 5.74) is 0.448. The van der Waals surface area contributed by atoms with Crippen LogP contribution in [0.1, 0.15) is 42.6 Å². The van der Waals surface area contributed by atoms with Gasteiger partial charge in [0.15, 0.2) is 6.61 Å². The van der Waals surface area contributed by atoms with Gasteiger partial charge in [-0.25, -0.2) is 4.39 Å². The van der Waals surface area contributed by atoms with E-state index in [0.717, 1.165) is 24.5 Å². The second-order valence-electron chi connectivity index (χ2n) is 12.7. The highest BCUT2D eigenvalue weighted by molar-refractivity contribution is 6.39. The van der Waals surface area contributed by atoms with Crippen LogP contribution in [0.25, 0.3) is 0 Å². The number of carbonyl (C=O) groups is 3. The third-order valence-corrected chi connectivity index (χ3v) is 8.28. The van der Waals surface area contributed by atoms with Crippen LogP contribution in [0.15, 0.2) is 66.7 Å². The molecule has 1 heterocycles. The Morgan fingerprint density at radius 1 is 0.827 bits per heavy atom. The Morgan fingerprint density at radius 2 is 1.46 bits per heavy atom. The molecule has 4 aromatic rings. The van der Waals surface area contributed by atoms with Crippen LogP contribution in [0.5, 0.6) is 6.01 Å². The van der Waals surface area contributed by atoms with Crippen molar-refractivity contribution in [3.63, 3.8) is 0 Å². The topological polar surface area (TPSA) is 159 Å². The van der Waals surface area contributed by atoms with Gasteiger partial charge in [-0.2, -0.15) is 28.1 Å². The third-order valence-electron chi connectivity index (χ3n) is 7.72. The molecule has 0 unspecified atom stereocenters. The summed E-state index contributed by atoms with van der Waals surface area (Å²) >= 11 is 11.7. The number of alkyl halides is 3. The fourth-order valence-electron chi connectivity index (χ4n) is 4.75. The average molecular weight is 764 g/mol. The Kier molecular flexibility index (Phi) is 11.4. The SMILES string of the molecule is CC(C)(CNC(=O)C(=O)Nc1ccc(Cl)c(F)c1)CNC(=O)c1ccc(Nc2nc(NC3(c4ccc(Cl)cc4)CC3)nc(OCC(F)(F)F)n2)cc1. The first-order chi connectivity index (χ1) is 24.5. The monoisotopic (exact) mass is 762 g/mol. The summed E-state index contributed by atoms with van der Waals surface area (Å²) in [5, 5.41) is 14.1. The van der Waals surface area contributed by atoms with Crippen LogP contribution < -0.4 is 31.3 Å². The lowest BCUT2D eigenvalue weighted by molar-refractivity contribution is -0.154. The second-order valence-corrected chi connectivity index (χ2v) is 13.5. The van der Waals surface area contributed by atoms with E-state index >= 15 is 0 Å². The van der Waals surface area contributed by atoms with E-state index in [1.165, 1.54) is 24.3 Å². The lowest BCUT2D eigenvalue weighted by Gasteiger charge is -2.25. The van der Waals surface area contributed by atoms with Crippen molar-refractivity contribution in [2.75, 3.05) is 35.6 Å². The normalized spacial score (nSPS) is 13.5. The van der Waals surface area contributed by atoms with Gasteiger partial charge in [0.1, 0.15) is 5.82 Å². The fourth-order valence-corrected chi connectivity index (χ4v) is 5.00. The van der Waals surface area contributed by atoms with Crippen LogP contribution in [0.4, 0.5) is 40.8 Å². The molecule has 5 N–H and O–H groups in total. The number of anilines is 4. The molecule has 1 fully saturated rings. The molecule has 12 nitrogen and oxygen atoms in total. The molecule has 274 valence electrons. The quantitative estimate of drug-likeness (QED) is 0.0746. The molecular weight excluding hydrogens is 731 g/mol. The maximum absolute atomic E-state index is 13.6. The number of rotatable bonds is 13. The molecular formula is C34H32Cl2F4N8O4. The number of hydrogen-bond donors (Lipinski definition) is 5. The Bertz CT molecular complexity index is 1940. The van der Waals surface area contributed by atoms with E-state index in [9.17, 15) is 31.9 Å². The zero-order valence-corrected chi connectivity index (χ0v) is 29.1. The summed E-state index contributed by atoms with van der Waals surface area (Å²) in [6.07, 6.45) is -3.17. The van der Waals surface area contributed by atoms with Gasteiger partial charge in [-0.1, -0.05) is 49.2 Å². The van der Waals surface area contributed by atoms with Crippen molar-refractivity contribution in [2.24, 2.45) is 5.41 Å². The van der Waals surface area contributed by atoms with Gasteiger partial charge in [-0.3, -0.25) is 14.4 Å². The summed E-state index contributed by atoms with van der Waals surface area (Å²) in [4.78, 5) is 49.8. The van der Waals surface area contributed by atoms with Gasteiger partial charge in [-0.15, -0.1) is 0 Å². The molecule has 0 bridgehead atoms. The van der Waals surface area contributed by atoms with E-state index in [0.29, 0.717) is 10.7 Å². The van der Waals surface area contributed by atoms with E-state index in [1.807, 2.05) is 12.1 Å². The summed E-state index contributed by atoms with van der Waals surface area (Å²) < 4.78 is 57.2. The van der Waals surface area contributed by atoms with E-state index in [4.69, 9.17) is 27.9 Å². The van der Waals surface area contributed by atoms with Gasteiger partial charge < -0.3 is 31.3 Å². The minimum absolute atomic E-state index is 0.00509. The molecule has 18 heteroatoms. The van der Waals surface area contributed by atoms with Crippen molar-refractivity contribution < 1.29 is 36.7 Å². The Morgan fingerprint density at radius 3 is 2.10 bits per heavy atom. The highest BCUT2D eigenvalue weighted by atomic mass is 35.5. The smallest absolute Gasteiger partial charge is 0.422 e. The van der Waals surface area contributed by atoms with Gasteiger partial charge in [0, 0.05) is 35.1 Å². The molecule has 5 rings (SSSR count). The largest absolute Gasteiger partial charge is 0.454 e. The predicted octanol–water partition coefficient (Wildman–Crippen LogP) is 6.61. The molecule has 0 atom stereocenters. The Hall–Kier alpha value is -5.22. The minimum Gasteiger partial charge on any atom is -0.454 e. The second kappa shape index (κ2) is 15.6. The van der Waals surface area contributed by atoms with Crippen LogP contribution >= 0.6 is 23.2 Å². The molecule has 52 heavy (non-hydrogen) atoms. The number of aromatic nitrogens is 3. The molecule has 1 aliphatic carbocycles. The fraction of sp³-hybridized carbons (Fsp3) is 0.294. The number of hydrogen-bond acceptors (Lipinski definition) is 9. The number of halogens is 6. The van der Waals surface area contributed by atoms with Crippen LogP contribution in [0.2, 0.25) is 10.0 Å². The molecule has 0 saturated heterocycles. The van der Waals surface area contributed by atoms with Crippen molar-refractivity contribution in [1.82, 2.24) is 25.6 Å². The first kappa shape index (κ1) is 38.0. The number of benzene rings is 3. The van der Waals surface area contributed by atoms with Crippen LogP contribution in [0, 0.1) is 11.2 Å².